The van der Waals surface area contributed by atoms with E-state index in [4.69, 9.17) is 9.84 Å². The number of thiophene rings is 1. The number of carbonyl (C=O) groups is 2. The maximum Gasteiger partial charge on any atom is 0.335 e. The summed E-state index contributed by atoms with van der Waals surface area (Å²) in [4.78, 5) is 26.5. The van der Waals surface area contributed by atoms with Crippen molar-refractivity contribution in [3.63, 3.8) is 0 Å². The van der Waals surface area contributed by atoms with Gasteiger partial charge in [0.05, 0.1) is 11.6 Å². The molecule has 0 radical (unpaired) electrons. The summed E-state index contributed by atoms with van der Waals surface area (Å²) in [5, 5.41) is 18.9. The lowest BCUT2D eigenvalue weighted by Gasteiger charge is -2.35. The monoisotopic (exact) mass is 377 g/mol. The number of aryl methyl sites for hydroxylation is 1. The molecule has 0 spiro atoms. The van der Waals surface area contributed by atoms with Gasteiger partial charge < -0.3 is 19.8 Å². The van der Waals surface area contributed by atoms with Gasteiger partial charge in [0.1, 0.15) is 4.88 Å². The second-order valence-electron chi connectivity index (χ2n) is 4.96. The maximum atomic E-state index is 12.5. The predicted molar refractivity (Wildman–Crippen MR) is 81.0 cm³/mol. The molecule has 2 rings (SSSR count). The number of ether oxygens (including phenoxy) is 1. The Bertz CT molecular complexity index is 577. The summed E-state index contributed by atoms with van der Waals surface area (Å²) >= 11 is 4.72. The van der Waals surface area contributed by atoms with Gasteiger partial charge in [-0.3, -0.25) is 4.79 Å². The van der Waals surface area contributed by atoms with Crippen molar-refractivity contribution in [3.8, 4) is 5.75 Å². The maximum absolute atomic E-state index is 12.5. The lowest BCUT2D eigenvalue weighted by atomic mass is 9.91. The van der Waals surface area contributed by atoms with Gasteiger partial charge in [0.2, 0.25) is 0 Å². The lowest BCUT2D eigenvalue weighted by Crippen LogP contribution is -2.50. The zero-order chi connectivity index (χ0) is 15.8. The Morgan fingerprint density at radius 2 is 1.95 bits per heavy atom. The Hall–Kier alpha value is -1.12. The fraction of sp³-hybridized carbons (Fsp3) is 0.538. The molecule has 1 fully saturated rings. The van der Waals surface area contributed by atoms with Gasteiger partial charge in [-0.15, -0.1) is 11.3 Å². The summed E-state index contributed by atoms with van der Waals surface area (Å²) in [6.45, 7) is 2.30. The number of methoxy groups -OCH3 is 1. The molecule has 1 amide bonds. The zero-order valence-electron chi connectivity index (χ0n) is 11.7. The minimum atomic E-state index is -1.73. The molecule has 21 heavy (non-hydrogen) atoms. The van der Waals surface area contributed by atoms with E-state index in [1.165, 1.54) is 18.4 Å². The second-order valence-corrected chi connectivity index (χ2v) is 6.98. The number of rotatable bonds is 3. The zero-order valence-corrected chi connectivity index (χ0v) is 14.1. The van der Waals surface area contributed by atoms with Gasteiger partial charge in [-0.1, -0.05) is 0 Å². The number of piperidine rings is 1. The van der Waals surface area contributed by atoms with Crippen LogP contribution in [0.1, 0.15) is 27.4 Å². The molecular formula is C13H16BrNO5S. The summed E-state index contributed by atoms with van der Waals surface area (Å²) < 4.78 is 6.02. The third-order valence-electron chi connectivity index (χ3n) is 3.64. The van der Waals surface area contributed by atoms with Gasteiger partial charge in [-0.2, -0.15) is 0 Å². The molecule has 1 saturated heterocycles. The number of carbonyl (C=O) groups excluding carboxylic acids is 1. The molecule has 1 aliphatic heterocycles. The van der Waals surface area contributed by atoms with Crippen LogP contribution in [-0.2, 0) is 4.79 Å². The van der Waals surface area contributed by atoms with Gasteiger partial charge in [-0.25, -0.2) is 4.79 Å². The average Bonchev–Trinajstić information content (AvgIpc) is 2.74. The van der Waals surface area contributed by atoms with Crippen molar-refractivity contribution in [3.05, 3.63) is 14.2 Å². The van der Waals surface area contributed by atoms with E-state index in [2.05, 4.69) is 15.9 Å². The summed E-state index contributed by atoms with van der Waals surface area (Å²) in [6.07, 6.45) is 0.0594. The quantitative estimate of drug-likeness (QED) is 0.839. The number of amides is 1. The molecule has 0 saturated carbocycles. The van der Waals surface area contributed by atoms with Crippen LogP contribution in [0.15, 0.2) is 4.47 Å². The van der Waals surface area contributed by atoms with E-state index >= 15 is 0 Å². The topological polar surface area (TPSA) is 87.1 Å². The summed E-state index contributed by atoms with van der Waals surface area (Å²) in [5.74, 6) is -0.929. The van der Waals surface area contributed by atoms with E-state index in [1.54, 1.807) is 4.90 Å². The summed E-state index contributed by atoms with van der Waals surface area (Å²) in [5.41, 5.74) is -1.73. The van der Waals surface area contributed by atoms with Crippen LogP contribution < -0.4 is 4.74 Å². The Morgan fingerprint density at radius 1 is 1.38 bits per heavy atom. The smallest absolute Gasteiger partial charge is 0.335 e. The van der Waals surface area contributed by atoms with Crippen LogP contribution in [0.5, 0.6) is 5.75 Å². The van der Waals surface area contributed by atoms with Gasteiger partial charge in [-0.05, 0) is 22.9 Å². The number of carboxylic acid groups (broad SMARTS) is 1. The Balaban J connectivity index is 2.16. The number of carboxylic acids is 1. The van der Waals surface area contributed by atoms with Crippen LogP contribution in [0, 0.1) is 6.92 Å². The van der Waals surface area contributed by atoms with Crippen LogP contribution >= 0.6 is 27.3 Å². The second kappa shape index (κ2) is 5.94. The largest absolute Gasteiger partial charge is 0.494 e. The molecule has 6 nitrogen and oxygen atoms in total. The first-order valence-electron chi connectivity index (χ1n) is 6.38. The number of hydrogen-bond donors (Lipinski definition) is 2. The molecule has 1 aromatic rings. The number of halogens is 1. The van der Waals surface area contributed by atoms with E-state index in [-0.39, 0.29) is 31.8 Å². The molecular weight excluding hydrogens is 362 g/mol. The van der Waals surface area contributed by atoms with E-state index in [1.807, 2.05) is 6.92 Å². The fourth-order valence-corrected chi connectivity index (χ4v) is 3.98. The third-order valence-corrected chi connectivity index (χ3v) is 5.94. The number of likely N-dealkylation sites (tertiary alicyclic amines) is 1. The molecule has 2 N–H and O–H groups in total. The van der Waals surface area contributed by atoms with Crippen LogP contribution in [0.4, 0.5) is 0 Å². The summed E-state index contributed by atoms with van der Waals surface area (Å²) in [6, 6.07) is 0. The van der Waals surface area contributed by atoms with Gasteiger partial charge >= 0.3 is 5.97 Å². The van der Waals surface area contributed by atoms with Gasteiger partial charge in [0, 0.05) is 30.8 Å². The SMILES string of the molecule is COc1c(C(=O)N2CCC(O)(C(=O)O)CC2)sc(C)c1Br. The molecule has 0 aliphatic carbocycles. The molecule has 1 aliphatic rings. The van der Waals surface area contributed by atoms with Crippen molar-refractivity contribution in [1.82, 2.24) is 4.90 Å². The van der Waals surface area contributed by atoms with E-state index in [0.717, 1.165) is 9.35 Å². The minimum absolute atomic E-state index is 0.0297. The third kappa shape index (κ3) is 2.93. The minimum Gasteiger partial charge on any atom is -0.494 e. The van der Waals surface area contributed by atoms with Crippen molar-refractivity contribution >= 4 is 39.1 Å². The van der Waals surface area contributed by atoms with Gasteiger partial charge in [0.15, 0.2) is 11.4 Å². The number of aliphatic carboxylic acids is 1. The van der Waals surface area contributed by atoms with Crippen molar-refractivity contribution in [2.24, 2.45) is 0 Å². The normalized spacial score (nSPS) is 17.6. The van der Waals surface area contributed by atoms with Crippen LogP contribution in [0.2, 0.25) is 0 Å². The highest BCUT2D eigenvalue weighted by molar-refractivity contribution is 9.10. The number of aliphatic hydroxyl groups is 1. The number of hydrogen-bond acceptors (Lipinski definition) is 5. The van der Waals surface area contributed by atoms with E-state index in [0.29, 0.717) is 10.6 Å². The van der Waals surface area contributed by atoms with Crippen LogP contribution in [0.25, 0.3) is 0 Å². The highest BCUT2D eigenvalue weighted by atomic mass is 79.9. The standard InChI is InChI=1S/C13H16BrNO5S/c1-7-8(14)9(20-2)10(21-7)11(16)15-5-3-13(19,4-6-15)12(17)18/h19H,3-6H2,1-2H3,(H,17,18). The molecule has 8 heteroatoms. The first kappa shape index (κ1) is 16.3. The predicted octanol–water partition coefficient (Wildman–Crippen LogP) is 1.88. The van der Waals surface area contributed by atoms with Gasteiger partial charge in [0.25, 0.3) is 5.91 Å². The van der Waals surface area contributed by atoms with Crippen molar-refractivity contribution < 1.29 is 24.5 Å². The Kier molecular flexibility index (Phi) is 4.60. The number of nitrogens with zero attached hydrogens (tertiary/aromatic N) is 1. The van der Waals surface area contributed by atoms with Crippen LogP contribution in [0.3, 0.4) is 0 Å². The van der Waals surface area contributed by atoms with Crippen molar-refractivity contribution in [2.45, 2.75) is 25.4 Å². The molecule has 0 aromatic carbocycles. The van der Waals surface area contributed by atoms with Crippen molar-refractivity contribution in [1.29, 1.82) is 0 Å². The molecule has 0 bridgehead atoms. The highest BCUT2D eigenvalue weighted by Crippen LogP contribution is 2.40. The first-order chi connectivity index (χ1) is 9.80. The average molecular weight is 378 g/mol. The molecule has 116 valence electrons. The highest BCUT2D eigenvalue weighted by Gasteiger charge is 2.41. The molecule has 2 heterocycles. The fourth-order valence-electron chi connectivity index (χ4n) is 2.26. The Labute approximate surface area is 134 Å². The van der Waals surface area contributed by atoms with Crippen LogP contribution in [-0.4, -0.2) is 52.8 Å². The lowest BCUT2D eigenvalue weighted by molar-refractivity contribution is -0.162. The van der Waals surface area contributed by atoms with E-state index in [9.17, 15) is 14.7 Å². The molecule has 0 unspecified atom stereocenters. The first-order valence-corrected chi connectivity index (χ1v) is 7.99. The summed E-state index contributed by atoms with van der Waals surface area (Å²) in [7, 11) is 1.50. The Morgan fingerprint density at radius 3 is 2.43 bits per heavy atom. The molecule has 1 aromatic heterocycles. The molecule has 0 atom stereocenters. The van der Waals surface area contributed by atoms with E-state index < -0.39 is 11.6 Å². The van der Waals surface area contributed by atoms with Crippen molar-refractivity contribution in [2.75, 3.05) is 20.2 Å².